The zero-order valence-electron chi connectivity index (χ0n) is 10.5. The Balaban J connectivity index is 2.66. The van der Waals surface area contributed by atoms with Gasteiger partial charge in [0.05, 0.1) is 5.54 Å². The number of hydrogen-bond donors (Lipinski definition) is 1. The summed E-state index contributed by atoms with van der Waals surface area (Å²) in [5, 5.41) is 3.59. The van der Waals surface area contributed by atoms with E-state index in [0.29, 0.717) is 12.1 Å². The van der Waals surface area contributed by atoms with Crippen molar-refractivity contribution in [3.63, 3.8) is 0 Å². The molecule has 2 unspecified atom stereocenters. The summed E-state index contributed by atoms with van der Waals surface area (Å²) < 4.78 is 0. The lowest BCUT2D eigenvalue weighted by Gasteiger charge is -2.45. The molecular weight excluding hydrogens is 184 g/mol. The molecule has 0 aromatic heterocycles. The SMILES string of the molecule is C#CC(C)(C)N1CC(CCC)NCC1C. The van der Waals surface area contributed by atoms with Crippen LogP contribution in [0.25, 0.3) is 0 Å². The molecule has 1 N–H and O–H groups in total. The van der Waals surface area contributed by atoms with Gasteiger partial charge in [-0.1, -0.05) is 19.3 Å². The third-order valence-corrected chi connectivity index (χ3v) is 3.36. The van der Waals surface area contributed by atoms with Crippen LogP contribution in [-0.4, -0.2) is 35.6 Å². The quantitative estimate of drug-likeness (QED) is 0.712. The molecule has 0 aliphatic carbocycles. The summed E-state index contributed by atoms with van der Waals surface area (Å²) in [6, 6.07) is 1.14. The number of hydrogen-bond acceptors (Lipinski definition) is 2. The van der Waals surface area contributed by atoms with Gasteiger partial charge in [0.2, 0.25) is 0 Å². The maximum absolute atomic E-state index is 5.61. The minimum atomic E-state index is -0.118. The Kier molecular flexibility index (Phi) is 4.19. The van der Waals surface area contributed by atoms with Crippen molar-refractivity contribution in [2.75, 3.05) is 13.1 Å². The van der Waals surface area contributed by atoms with Gasteiger partial charge in [-0.15, -0.1) is 6.42 Å². The largest absolute Gasteiger partial charge is 0.311 e. The molecule has 2 heteroatoms. The molecule has 1 saturated heterocycles. The van der Waals surface area contributed by atoms with Crippen LogP contribution in [0.5, 0.6) is 0 Å². The highest BCUT2D eigenvalue weighted by Crippen LogP contribution is 2.21. The van der Waals surface area contributed by atoms with Gasteiger partial charge in [-0.05, 0) is 27.2 Å². The van der Waals surface area contributed by atoms with Crippen molar-refractivity contribution in [2.24, 2.45) is 0 Å². The van der Waals surface area contributed by atoms with Crippen LogP contribution < -0.4 is 5.32 Å². The van der Waals surface area contributed by atoms with E-state index in [9.17, 15) is 0 Å². The average molecular weight is 208 g/mol. The Morgan fingerprint density at radius 3 is 2.73 bits per heavy atom. The van der Waals surface area contributed by atoms with E-state index in [4.69, 9.17) is 6.42 Å². The molecule has 0 aromatic rings. The monoisotopic (exact) mass is 208 g/mol. The second kappa shape index (κ2) is 5.01. The smallest absolute Gasteiger partial charge is 0.0769 e. The van der Waals surface area contributed by atoms with E-state index in [2.05, 4.69) is 43.8 Å². The summed E-state index contributed by atoms with van der Waals surface area (Å²) in [5.74, 6) is 2.90. The van der Waals surface area contributed by atoms with Gasteiger partial charge in [-0.25, -0.2) is 0 Å². The third-order valence-electron chi connectivity index (χ3n) is 3.36. The molecule has 0 saturated carbocycles. The summed E-state index contributed by atoms with van der Waals surface area (Å²) in [7, 11) is 0. The van der Waals surface area contributed by atoms with Gasteiger partial charge in [0, 0.05) is 25.2 Å². The summed E-state index contributed by atoms with van der Waals surface area (Å²) in [6.45, 7) is 10.9. The lowest BCUT2D eigenvalue weighted by Crippen LogP contribution is -2.61. The maximum Gasteiger partial charge on any atom is 0.0769 e. The molecule has 1 fully saturated rings. The lowest BCUT2D eigenvalue weighted by molar-refractivity contribution is 0.0698. The summed E-state index contributed by atoms with van der Waals surface area (Å²) >= 11 is 0. The number of terminal acetylenes is 1. The predicted octanol–water partition coefficient (Wildman–Crippen LogP) is 1.86. The van der Waals surface area contributed by atoms with E-state index in [1.165, 1.54) is 12.8 Å². The maximum atomic E-state index is 5.61. The summed E-state index contributed by atoms with van der Waals surface area (Å²) in [5.41, 5.74) is -0.118. The fourth-order valence-corrected chi connectivity index (χ4v) is 2.33. The van der Waals surface area contributed by atoms with E-state index in [-0.39, 0.29) is 5.54 Å². The second-order valence-electron chi connectivity index (χ2n) is 5.10. The topological polar surface area (TPSA) is 15.3 Å². The molecule has 0 radical (unpaired) electrons. The van der Waals surface area contributed by atoms with Crippen LogP contribution in [0.3, 0.4) is 0 Å². The molecule has 2 nitrogen and oxygen atoms in total. The molecule has 1 heterocycles. The fourth-order valence-electron chi connectivity index (χ4n) is 2.33. The minimum absolute atomic E-state index is 0.118. The van der Waals surface area contributed by atoms with E-state index in [1.54, 1.807) is 0 Å². The van der Waals surface area contributed by atoms with Crippen LogP contribution in [0.1, 0.15) is 40.5 Å². The van der Waals surface area contributed by atoms with E-state index < -0.39 is 0 Å². The van der Waals surface area contributed by atoms with E-state index in [1.807, 2.05) is 0 Å². The minimum Gasteiger partial charge on any atom is -0.311 e. The van der Waals surface area contributed by atoms with Crippen LogP contribution in [0.2, 0.25) is 0 Å². The standard InChI is InChI=1S/C13H24N2/c1-6-8-12-10-15(11(3)9-14-12)13(4,5)7-2/h2,11-12,14H,6,8-10H2,1,3-5H3. The van der Waals surface area contributed by atoms with Gasteiger partial charge in [-0.3, -0.25) is 4.90 Å². The molecule has 0 spiro atoms. The number of rotatable bonds is 3. The Bertz CT molecular complexity index is 239. The first kappa shape index (κ1) is 12.5. The molecule has 1 aliphatic heterocycles. The lowest BCUT2D eigenvalue weighted by atomic mass is 9.96. The number of piperazine rings is 1. The van der Waals surface area contributed by atoms with Crippen molar-refractivity contribution >= 4 is 0 Å². The molecule has 1 aliphatic rings. The summed E-state index contributed by atoms with van der Waals surface area (Å²) in [6.07, 6.45) is 8.08. The highest BCUT2D eigenvalue weighted by molar-refractivity contribution is 5.11. The molecule has 2 atom stereocenters. The van der Waals surface area contributed by atoms with Gasteiger partial charge in [-0.2, -0.15) is 0 Å². The van der Waals surface area contributed by atoms with E-state index in [0.717, 1.165) is 13.1 Å². The molecule has 0 bridgehead atoms. The molecule has 0 aromatic carbocycles. The molecule has 15 heavy (non-hydrogen) atoms. The van der Waals surface area contributed by atoms with E-state index >= 15 is 0 Å². The van der Waals surface area contributed by atoms with Crippen LogP contribution in [-0.2, 0) is 0 Å². The van der Waals surface area contributed by atoms with Crippen LogP contribution in [0.4, 0.5) is 0 Å². The predicted molar refractivity (Wildman–Crippen MR) is 65.8 cm³/mol. The highest BCUT2D eigenvalue weighted by atomic mass is 15.3. The van der Waals surface area contributed by atoms with Gasteiger partial charge in [0.1, 0.15) is 0 Å². The highest BCUT2D eigenvalue weighted by Gasteiger charge is 2.33. The summed E-state index contributed by atoms with van der Waals surface area (Å²) in [4.78, 5) is 2.45. The van der Waals surface area contributed by atoms with Gasteiger partial charge >= 0.3 is 0 Å². The Hall–Kier alpha value is -0.520. The van der Waals surface area contributed by atoms with Crippen molar-refractivity contribution in [1.29, 1.82) is 0 Å². The molecular formula is C13H24N2. The first-order valence-electron chi connectivity index (χ1n) is 5.99. The van der Waals surface area contributed by atoms with Gasteiger partial charge in [0.15, 0.2) is 0 Å². The normalized spacial score (nSPS) is 28.7. The van der Waals surface area contributed by atoms with Crippen molar-refractivity contribution in [3.8, 4) is 12.3 Å². The Morgan fingerprint density at radius 1 is 1.53 bits per heavy atom. The van der Waals surface area contributed by atoms with Crippen LogP contribution >= 0.6 is 0 Å². The van der Waals surface area contributed by atoms with Gasteiger partial charge < -0.3 is 5.32 Å². The van der Waals surface area contributed by atoms with Crippen molar-refractivity contribution < 1.29 is 0 Å². The first-order chi connectivity index (χ1) is 7.01. The molecule has 0 amide bonds. The average Bonchev–Trinajstić information content (AvgIpc) is 2.21. The van der Waals surface area contributed by atoms with Crippen LogP contribution in [0, 0.1) is 12.3 Å². The zero-order chi connectivity index (χ0) is 11.5. The number of nitrogens with zero attached hydrogens (tertiary/aromatic N) is 1. The van der Waals surface area contributed by atoms with Gasteiger partial charge in [0.25, 0.3) is 0 Å². The Morgan fingerprint density at radius 2 is 2.20 bits per heavy atom. The van der Waals surface area contributed by atoms with Crippen molar-refractivity contribution in [1.82, 2.24) is 10.2 Å². The Labute approximate surface area is 94.4 Å². The molecule has 1 rings (SSSR count). The zero-order valence-corrected chi connectivity index (χ0v) is 10.5. The van der Waals surface area contributed by atoms with Crippen molar-refractivity contribution in [2.45, 2.75) is 58.2 Å². The third kappa shape index (κ3) is 2.96. The molecule has 86 valence electrons. The number of nitrogens with one attached hydrogen (secondary N) is 1. The first-order valence-corrected chi connectivity index (χ1v) is 5.99. The van der Waals surface area contributed by atoms with Crippen molar-refractivity contribution in [3.05, 3.63) is 0 Å². The van der Waals surface area contributed by atoms with Crippen LogP contribution in [0.15, 0.2) is 0 Å². The second-order valence-corrected chi connectivity index (χ2v) is 5.10. The fraction of sp³-hybridized carbons (Fsp3) is 0.846.